The summed E-state index contributed by atoms with van der Waals surface area (Å²) in [6.45, 7) is 7.18. The van der Waals surface area contributed by atoms with Gasteiger partial charge in [0.15, 0.2) is 0 Å². The third kappa shape index (κ3) is 8.27. The van der Waals surface area contributed by atoms with Gasteiger partial charge in [0.05, 0.1) is 0 Å². The van der Waals surface area contributed by atoms with Crippen molar-refractivity contribution >= 4 is 14.6 Å². The minimum absolute atomic E-state index is 0.109. The summed E-state index contributed by atoms with van der Waals surface area (Å²) in [6, 6.07) is 0. The van der Waals surface area contributed by atoms with E-state index in [-0.39, 0.29) is 12.2 Å². The van der Waals surface area contributed by atoms with Gasteiger partial charge >= 0.3 is 14.6 Å². The Morgan fingerprint density at radius 1 is 0.923 bits per heavy atom. The van der Waals surface area contributed by atoms with Crippen LogP contribution >= 0.6 is 0 Å². The van der Waals surface area contributed by atoms with Crippen LogP contribution in [0.3, 0.4) is 0 Å². The van der Waals surface area contributed by atoms with E-state index in [9.17, 15) is 0 Å². The molecule has 0 unspecified atom stereocenters. The van der Waals surface area contributed by atoms with Crippen LogP contribution in [0.15, 0.2) is 0 Å². The summed E-state index contributed by atoms with van der Waals surface area (Å²) in [4.78, 5) is 0. The molecule has 0 rings (SSSR count). The molecular formula is C6H16B2O5. The first kappa shape index (κ1) is 12.9. The standard InChI is InChI=1S/C6H16B2O5/c1-5(2)11-8(12-6(3)4)13-7(9)10/h5-6,9-10H,1-4H3. The molecule has 0 radical (unpaired) electrons. The fourth-order valence-corrected chi connectivity index (χ4v) is 0.640. The molecule has 0 saturated carbocycles. The van der Waals surface area contributed by atoms with Crippen LogP contribution in [0.1, 0.15) is 27.7 Å². The van der Waals surface area contributed by atoms with E-state index in [2.05, 4.69) is 4.57 Å². The SMILES string of the molecule is CC(C)OB(OB(O)O)OC(C)C. The monoisotopic (exact) mass is 190 g/mol. The zero-order chi connectivity index (χ0) is 10.4. The number of hydrogen-bond donors (Lipinski definition) is 2. The lowest BCUT2D eigenvalue weighted by Gasteiger charge is -2.18. The van der Waals surface area contributed by atoms with Gasteiger partial charge in [-0.15, -0.1) is 0 Å². The molecule has 0 aliphatic carbocycles. The summed E-state index contributed by atoms with van der Waals surface area (Å²) in [5.74, 6) is 0. The Labute approximate surface area is 79.3 Å². The zero-order valence-corrected chi connectivity index (χ0v) is 8.43. The highest BCUT2D eigenvalue weighted by molar-refractivity contribution is 6.50. The van der Waals surface area contributed by atoms with Gasteiger partial charge in [0.25, 0.3) is 0 Å². The number of rotatable bonds is 6. The van der Waals surface area contributed by atoms with E-state index in [1.165, 1.54) is 0 Å². The van der Waals surface area contributed by atoms with Crippen LogP contribution in [0.2, 0.25) is 0 Å². The lowest BCUT2D eigenvalue weighted by molar-refractivity contribution is 0.0710. The van der Waals surface area contributed by atoms with Gasteiger partial charge in [0.1, 0.15) is 0 Å². The molecule has 0 aromatic carbocycles. The molecule has 0 saturated heterocycles. The average Bonchev–Trinajstić information content (AvgIpc) is 1.80. The van der Waals surface area contributed by atoms with Gasteiger partial charge in [0.2, 0.25) is 0 Å². The summed E-state index contributed by atoms with van der Waals surface area (Å²) in [5, 5.41) is 17.0. The lowest BCUT2D eigenvalue weighted by Crippen LogP contribution is -2.38. The van der Waals surface area contributed by atoms with Crippen molar-refractivity contribution in [2.24, 2.45) is 0 Å². The molecule has 0 amide bonds. The summed E-state index contributed by atoms with van der Waals surface area (Å²) in [5.41, 5.74) is 0. The molecule has 13 heavy (non-hydrogen) atoms. The zero-order valence-electron chi connectivity index (χ0n) is 8.43. The Morgan fingerprint density at radius 3 is 1.54 bits per heavy atom. The molecule has 0 aromatic heterocycles. The van der Waals surface area contributed by atoms with Gasteiger partial charge in [-0.25, -0.2) is 0 Å². The van der Waals surface area contributed by atoms with Crippen molar-refractivity contribution in [2.75, 3.05) is 0 Å². The Kier molecular flexibility index (Phi) is 6.36. The molecule has 0 bridgehead atoms. The minimum Gasteiger partial charge on any atom is -0.402 e. The third-order valence-electron chi connectivity index (χ3n) is 0.999. The second kappa shape index (κ2) is 6.39. The topological polar surface area (TPSA) is 68.2 Å². The van der Waals surface area contributed by atoms with E-state index >= 15 is 0 Å². The summed E-state index contributed by atoms with van der Waals surface area (Å²) in [7, 11) is -2.93. The molecule has 0 heterocycles. The highest BCUT2D eigenvalue weighted by Crippen LogP contribution is 2.01. The molecule has 0 spiro atoms. The van der Waals surface area contributed by atoms with Crippen LogP contribution in [0, 0.1) is 0 Å². The van der Waals surface area contributed by atoms with Crippen molar-refractivity contribution in [2.45, 2.75) is 39.9 Å². The van der Waals surface area contributed by atoms with Crippen LogP contribution in [-0.4, -0.2) is 36.9 Å². The molecule has 0 aliphatic rings. The predicted molar refractivity (Wildman–Crippen MR) is 49.5 cm³/mol. The maximum absolute atomic E-state index is 8.52. The van der Waals surface area contributed by atoms with Gasteiger partial charge in [-0.1, -0.05) is 0 Å². The maximum atomic E-state index is 8.52. The van der Waals surface area contributed by atoms with Gasteiger partial charge in [-0.05, 0) is 27.7 Å². The maximum Gasteiger partial charge on any atom is 0.627 e. The molecule has 7 heteroatoms. The fourth-order valence-electron chi connectivity index (χ4n) is 0.640. The van der Waals surface area contributed by atoms with Crippen LogP contribution in [0.5, 0.6) is 0 Å². The first-order valence-corrected chi connectivity index (χ1v) is 4.24. The number of hydrogen-bond acceptors (Lipinski definition) is 5. The molecule has 76 valence electrons. The molecule has 0 aliphatic heterocycles. The third-order valence-corrected chi connectivity index (χ3v) is 0.999. The van der Waals surface area contributed by atoms with E-state index in [4.69, 9.17) is 19.4 Å². The minimum atomic E-state index is -1.89. The second-order valence-corrected chi connectivity index (χ2v) is 3.12. The smallest absolute Gasteiger partial charge is 0.402 e. The van der Waals surface area contributed by atoms with E-state index in [1.54, 1.807) is 27.7 Å². The first-order valence-electron chi connectivity index (χ1n) is 4.24. The second-order valence-electron chi connectivity index (χ2n) is 3.12. The summed E-state index contributed by atoms with van der Waals surface area (Å²) in [6.07, 6.45) is -0.218. The van der Waals surface area contributed by atoms with Crippen molar-refractivity contribution in [1.29, 1.82) is 0 Å². The fraction of sp³-hybridized carbons (Fsp3) is 1.00. The quantitative estimate of drug-likeness (QED) is 0.567. The van der Waals surface area contributed by atoms with Crippen molar-refractivity contribution < 1.29 is 23.9 Å². The molecular weight excluding hydrogens is 174 g/mol. The lowest BCUT2D eigenvalue weighted by atomic mass is 10.1. The van der Waals surface area contributed by atoms with E-state index in [0.29, 0.717) is 0 Å². The molecule has 0 aromatic rings. The first-order chi connectivity index (χ1) is 5.91. The van der Waals surface area contributed by atoms with Crippen LogP contribution < -0.4 is 0 Å². The highest BCUT2D eigenvalue weighted by Gasteiger charge is 2.29. The average molecular weight is 190 g/mol. The van der Waals surface area contributed by atoms with Crippen LogP contribution in [-0.2, 0) is 13.9 Å². The summed E-state index contributed by atoms with van der Waals surface area (Å²) < 4.78 is 14.8. The van der Waals surface area contributed by atoms with Crippen LogP contribution in [0.25, 0.3) is 0 Å². The van der Waals surface area contributed by atoms with Gasteiger partial charge < -0.3 is 23.9 Å². The van der Waals surface area contributed by atoms with Crippen molar-refractivity contribution in [1.82, 2.24) is 0 Å². The molecule has 5 nitrogen and oxygen atoms in total. The van der Waals surface area contributed by atoms with E-state index in [0.717, 1.165) is 0 Å². The predicted octanol–water partition coefficient (Wildman–Crippen LogP) is -0.193. The van der Waals surface area contributed by atoms with E-state index < -0.39 is 14.6 Å². The molecule has 2 N–H and O–H groups in total. The Morgan fingerprint density at radius 2 is 1.31 bits per heavy atom. The van der Waals surface area contributed by atoms with Gasteiger partial charge in [-0.2, -0.15) is 0 Å². The Balaban J connectivity index is 3.87. The molecule has 0 atom stereocenters. The summed E-state index contributed by atoms with van der Waals surface area (Å²) >= 11 is 0. The van der Waals surface area contributed by atoms with Gasteiger partial charge in [-0.3, -0.25) is 0 Å². The Hall–Kier alpha value is -0.0701. The van der Waals surface area contributed by atoms with E-state index in [1.807, 2.05) is 0 Å². The van der Waals surface area contributed by atoms with Crippen molar-refractivity contribution in [3.63, 3.8) is 0 Å². The highest BCUT2D eigenvalue weighted by atomic mass is 16.8. The van der Waals surface area contributed by atoms with Crippen LogP contribution in [0.4, 0.5) is 0 Å². The largest absolute Gasteiger partial charge is 0.627 e. The molecule has 0 fully saturated rings. The normalized spacial score (nSPS) is 11.1. The Bertz CT molecular complexity index is 106. The van der Waals surface area contributed by atoms with Crippen molar-refractivity contribution in [3.05, 3.63) is 0 Å². The van der Waals surface area contributed by atoms with Gasteiger partial charge in [0, 0.05) is 12.2 Å². The van der Waals surface area contributed by atoms with Crippen molar-refractivity contribution in [3.8, 4) is 0 Å².